The van der Waals surface area contributed by atoms with Crippen LogP contribution in [0.3, 0.4) is 0 Å². The lowest BCUT2D eigenvalue weighted by Crippen LogP contribution is -2.21. The third kappa shape index (κ3) is 3.62. The molecular formula is C12H14BrFN2S. The molecule has 1 rings (SSSR count). The fourth-order valence-corrected chi connectivity index (χ4v) is 2.59. The molecule has 17 heavy (non-hydrogen) atoms. The average Bonchev–Trinajstić information content (AvgIpc) is 2.34. The Morgan fingerprint density at radius 2 is 2.29 bits per heavy atom. The summed E-state index contributed by atoms with van der Waals surface area (Å²) in [5.41, 5.74) is 0.753. The summed E-state index contributed by atoms with van der Waals surface area (Å²) in [5.74, 6) is 0.525. The Labute approximate surface area is 114 Å². The van der Waals surface area contributed by atoms with Gasteiger partial charge in [0.25, 0.3) is 0 Å². The fraction of sp³-hybridized carbons (Fsp3) is 0.417. The molecule has 0 amide bonds. The van der Waals surface area contributed by atoms with Gasteiger partial charge in [-0.15, -0.1) is 0 Å². The van der Waals surface area contributed by atoms with Crippen LogP contribution in [0.15, 0.2) is 16.6 Å². The molecular weight excluding hydrogens is 303 g/mol. The van der Waals surface area contributed by atoms with Gasteiger partial charge in [-0.1, -0.05) is 6.92 Å². The van der Waals surface area contributed by atoms with Gasteiger partial charge in [0, 0.05) is 11.8 Å². The summed E-state index contributed by atoms with van der Waals surface area (Å²) >= 11 is 4.82. The van der Waals surface area contributed by atoms with Crippen LogP contribution in [0.25, 0.3) is 0 Å². The standard InChI is InChI=1S/C12H14BrFN2S/c1-3-9(7-17-2)16-10-5-4-8(6-15)11(13)12(10)14/h4-5,9,16H,3,7H2,1-2H3. The van der Waals surface area contributed by atoms with Gasteiger partial charge in [-0.3, -0.25) is 0 Å². The lowest BCUT2D eigenvalue weighted by Gasteiger charge is -2.18. The highest BCUT2D eigenvalue weighted by Gasteiger charge is 2.13. The number of nitrogens with zero attached hydrogens (tertiary/aromatic N) is 1. The highest BCUT2D eigenvalue weighted by molar-refractivity contribution is 9.10. The molecule has 0 saturated heterocycles. The van der Waals surface area contributed by atoms with Crippen molar-refractivity contribution in [1.82, 2.24) is 0 Å². The van der Waals surface area contributed by atoms with E-state index in [1.54, 1.807) is 23.9 Å². The topological polar surface area (TPSA) is 35.8 Å². The molecule has 0 aliphatic carbocycles. The number of anilines is 1. The number of rotatable bonds is 5. The predicted octanol–water partition coefficient (Wildman–Crippen LogP) is 4.01. The van der Waals surface area contributed by atoms with Gasteiger partial charge < -0.3 is 5.32 Å². The molecule has 0 heterocycles. The highest BCUT2D eigenvalue weighted by Crippen LogP contribution is 2.27. The molecule has 5 heteroatoms. The van der Waals surface area contributed by atoms with Crippen molar-refractivity contribution in [3.63, 3.8) is 0 Å². The Hall–Kier alpha value is -0.730. The second-order valence-electron chi connectivity index (χ2n) is 3.61. The summed E-state index contributed by atoms with van der Waals surface area (Å²) in [7, 11) is 0. The van der Waals surface area contributed by atoms with Crippen LogP contribution in [0.1, 0.15) is 18.9 Å². The van der Waals surface area contributed by atoms with Gasteiger partial charge in [-0.05, 0) is 40.7 Å². The summed E-state index contributed by atoms with van der Waals surface area (Å²) in [6.07, 6.45) is 2.95. The normalized spacial score (nSPS) is 11.9. The van der Waals surface area contributed by atoms with Crippen LogP contribution in [0, 0.1) is 17.1 Å². The molecule has 0 aliphatic rings. The van der Waals surface area contributed by atoms with E-state index in [9.17, 15) is 4.39 Å². The first-order chi connectivity index (χ1) is 8.13. The third-order valence-corrected chi connectivity index (χ3v) is 3.93. The SMILES string of the molecule is CCC(CSC)Nc1ccc(C#N)c(Br)c1F. The van der Waals surface area contributed by atoms with Crippen LogP contribution in [-0.4, -0.2) is 18.1 Å². The van der Waals surface area contributed by atoms with Crippen molar-refractivity contribution in [3.05, 3.63) is 28.0 Å². The molecule has 0 spiro atoms. The molecule has 2 nitrogen and oxygen atoms in total. The molecule has 0 bridgehead atoms. The Morgan fingerprint density at radius 3 is 2.82 bits per heavy atom. The predicted molar refractivity (Wildman–Crippen MR) is 74.9 cm³/mol. The zero-order valence-corrected chi connectivity index (χ0v) is 12.2. The van der Waals surface area contributed by atoms with Crippen molar-refractivity contribution in [2.24, 2.45) is 0 Å². The first-order valence-corrected chi connectivity index (χ1v) is 7.46. The van der Waals surface area contributed by atoms with E-state index >= 15 is 0 Å². The van der Waals surface area contributed by atoms with Gasteiger partial charge in [-0.2, -0.15) is 17.0 Å². The van der Waals surface area contributed by atoms with Gasteiger partial charge in [-0.25, -0.2) is 4.39 Å². The van der Waals surface area contributed by atoms with Crippen LogP contribution in [0.5, 0.6) is 0 Å². The van der Waals surface area contributed by atoms with Gasteiger partial charge >= 0.3 is 0 Å². The van der Waals surface area contributed by atoms with Crippen molar-refractivity contribution >= 4 is 33.4 Å². The van der Waals surface area contributed by atoms with Crippen LogP contribution in [-0.2, 0) is 0 Å². The molecule has 0 fully saturated rings. The minimum absolute atomic E-state index is 0.226. The summed E-state index contributed by atoms with van der Waals surface area (Å²) < 4.78 is 14.1. The Kier molecular flexibility index (Phi) is 5.79. The van der Waals surface area contributed by atoms with Gasteiger partial charge in [0.05, 0.1) is 15.7 Å². The lowest BCUT2D eigenvalue weighted by molar-refractivity contribution is 0.618. The third-order valence-electron chi connectivity index (χ3n) is 2.42. The molecule has 1 N–H and O–H groups in total. The van der Waals surface area contributed by atoms with E-state index in [0.717, 1.165) is 12.2 Å². The summed E-state index contributed by atoms with van der Waals surface area (Å²) in [4.78, 5) is 0. The molecule has 0 saturated carbocycles. The minimum atomic E-state index is -0.399. The second kappa shape index (κ2) is 6.87. The van der Waals surface area contributed by atoms with Crippen molar-refractivity contribution in [2.45, 2.75) is 19.4 Å². The minimum Gasteiger partial charge on any atom is -0.379 e. The van der Waals surface area contributed by atoms with E-state index in [4.69, 9.17) is 5.26 Å². The number of hydrogen-bond donors (Lipinski definition) is 1. The van der Waals surface area contributed by atoms with E-state index in [2.05, 4.69) is 28.2 Å². The molecule has 1 unspecified atom stereocenters. The molecule has 1 aromatic rings. The molecule has 0 radical (unpaired) electrons. The molecule has 0 aliphatic heterocycles. The number of nitriles is 1. The second-order valence-corrected chi connectivity index (χ2v) is 5.31. The van der Waals surface area contributed by atoms with Crippen molar-refractivity contribution in [2.75, 3.05) is 17.3 Å². The van der Waals surface area contributed by atoms with Crippen LogP contribution < -0.4 is 5.32 Å². The largest absolute Gasteiger partial charge is 0.379 e. The van der Waals surface area contributed by atoms with E-state index < -0.39 is 5.82 Å². The van der Waals surface area contributed by atoms with E-state index in [1.807, 2.05) is 12.3 Å². The monoisotopic (exact) mass is 316 g/mol. The quantitative estimate of drug-likeness (QED) is 0.891. The van der Waals surface area contributed by atoms with Gasteiger partial charge in [0.2, 0.25) is 0 Å². The van der Waals surface area contributed by atoms with E-state index in [-0.39, 0.29) is 10.5 Å². The van der Waals surface area contributed by atoms with Gasteiger partial charge in [0.1, 0.15) is 6.07 Å². The van der Waals surface area contributed by atoms with Crippen molar-refractivity contribution in [3.8, 4) is 6.07 Å². The van der Waals surface area contributed by atoms with Crippen LogP contribution in [0.2, 0.25) is 0 Å². The fourth-order valence-electron chi connectivity index (χ4n) is 1.43. The molecule has 1 atom stereocenters. The number of halogens is 2. The number of nitrogens with one attached hydrogen (secondary N) is 1. The van der Waals surface area contributed by atoms with Crippen molar-refractivity contribution < 1.29 is 4.39 Å². The van der Waals surface area contributed by atoms with Gasteiger partial charge in [0.15, 0.2) is 5.82 Å². The first-order valence-electron chi connectivity index (χ1n) is 5.27. The Balaban J connectivity index is 2.93. The first kappa shape index (κ1) is 14.3. The number of thioether (sulfide) groups is 1. The van der Waals surface area contributed by atoms with Crippen molar-refractivity contribution in [1.29, 1.82) is 5.26 Å². The van der Waals surface area contributed by atoms with Crippen LogP contribution >= 0.6 is 27.7 Å². The lowest BCUT2D eigenvalue weighted by atomic mass is 10.2. The maximum atomic E-state index is 13.9. The van der Waals surface area contributed by atoms with E-state index in [0.29, 0.717) is 11.3 Å². The highest BCUT2D eigenvalue weighted by atomic mass is 79.9. The number of hydrogen-bond acceptors (Lipinski definition) is 3. The Bertz CT molecular complexity index is 431. The Morgan fingerprint density at radius 1 is 1.59 bits per heavy atom. The van der Waals surface area contributed by atoms with E-state index in [1.165, 1.54) is 0 Å². The smallest absolute Gasteiger partial charge is 0.161 e. The summed E-state index contributed by atoms with van der Waals surface area (Å²) in [5, 5.41) is 11.9. The zero-order valence-electron chi connectivity index (χ0n) is 9.76. The summed E-state index contributed by atoms with van der Waals surface area (Å²) in [6.45, 7) is 2.06. The maximum Gasteiger partial charge on any atom is 0.161 e. The molecule has 0 aromatic heterocycles. The number of benzene rings is 1. The summed E-state index contributed by atoms with van der Waals surface area (Å²) in [6, 6.07) is 5.40. The molecule has 1 aromatic carbocycles. The molecule has 92 valence electrons. The average molecular weight is 317 g/mol. The van der Waals surface area contributed by atoms with Crippen LogP contribution in [0.4, 0.5) is 10.1 Å². The maximum absolute atomic E-state index is 13.9. The zero-order chi connectivity index (χ0) is 12.8.